The highest BCUT2D eigenvalue weighted by Crippen LogP contribution is 2.34. The van der Waals surface area contributed by atoms with Gasteiger partial charge in [0.1, 0.15) is 18.5 Å². The van der Waals surface area contributed by atoms with E-state index in [9.17, 15) is 0 Å². The lowest BCUT2D eigenvalue weighted by molar-refractivity contribution is -0.0317. The van der Waals surface area contributed by atoms with E-state index in [1.165, 1.54) is 16.7 Å². The van der Waals surface area contributed by atoms with Gasteiger partial charge in [0.25, 0.3) is 0 Å². The maximum absolute atomic E-state index is 6.24. The molecule has 30 heavy (non-hydrogen) atoms. The van der Waals surface area contributed by atoms with E-state index in [1.54, 1.807) is 0 Å². The lowest BCUT2D eigenvalue weighted by atomic mass is 9.77. The summed E-state index contributed by atoms with van der Waals surface area (Å²) in [7, 11) is 0. The van der Waals surface area contributed by atoms with Gasteiger partial charge in [0, 0.05) is 12.0 Å². The summed E-state index contributed by atoms with van der Waals surface area (Å²) in [5, 5.41) is 0. The van der Waals surface area contributed by atoms with Crippen LogP contribution in [0.3, 0.4) is 0 Å². The summed E-state index contributed by atoms with van der Waals surface area (Å²) in [5.41, 5.74) is 3.67. The van der Waals surface area contributed by atoms with E-state index >= 15 is 0 Å². The van der Waals surface area contributed by atoms with Crippen molar-refractivity contribution in [2.45, 2.75) is 72.0 Å². The molecule has 0 N–H and O–H groups in total. The minimum Gasteiger partial charge on any atom is -0.491 e. The van der Waals surface area contributed by atoms with E-state index in [0.717, 1.165) is 25.4 Å². The number of rotatable bonds is 9. The van der Waals surface area contributed by atoms with Gasteiger partial charge in [-0.25, -0.2) is 0 Å². The van der Waals surface area contributed by atoms with Crippen molar-refractivity contribution >= 4 is 0 Å². The second kappa shape index (κ2) is 8.72. The van der Waals surface area contributed by atoms with Crippen LogP contribution in [0.4, 0.5) is 0 Å². The molecular weight excluding hydrogens is 372 g/mol. The first kappa shape index (κ1) is 22.8. The number of epoxide rings is 1. The Balaban J connectivity index is 1.66. The smallest absolute Gasteiger partial charge is 0.119 e. The van der Waals surface area contributed by atoms with Gasteiger partial charge in [-0.2, -0.15) is 0 Å². The van der Waals surface area contributed by atoms with E-state index < -0.39 is 0 Å². The van der Waals surface area contributed by atoms with Gasteiger partial charge in [0.05, 0.1) is 12.2 Å². The van der Waals surface area contributed by atoms with Gasteiger partial charge in [-0.1, -0.05) is 71.0 Å². The molecule has 3 nitrogen and oxygen atoms in total. The first-order valence-electron chi connectivity index (χ1n) is 11.1. The molecule has 1 aliphatic rings. The van der Waals surface area contributed by atoms with Crippen molar-refractivity contribution in [3.05, 3.63) is 65.2 Å². The lowest BCUT2D eigenvalue weighted by Crippen LogP contribution is -2.25. The Bertz CT molecular complexity index is 807. The summed E-state index contributed by atoms with van der Waals surface area (Å²) >= 11 is 0. The third-order valence-corrected chi connectivity index (χ3v) is 6.03. The highest BCUT2D eigenvalue weighted by atomic mass is 16.6. The van der Waals surface area contributed by atoms with Crippen LogP contribution in [-0.4, -0.2) is 25.9 Å². The van der Waals surface area contributed by atoms with Crippen LogP contribution in [0.1, 0.15) is 71.6 Å². The Morgan fingerprint density at radius 2 is 1.30 bits per heavy atom. The van der Waals surface area contributed by atoms with Gasteiger partial charge in [0.15, 0.2) is 0 Å². The fraction of sp³-hybridized carbons (Fsp3) is 0.556. The SMILES string of the molecule is CC(C)(C)CCOC(C)(C)c1ccc(C(C)(C)c2ccc(OCC3CO3)cc2)cc1. The molecule has 1 saturated heterocycles. The molecule has 0 aliphatic carbocycles. The standard InChI is InChI=1S/C27H38O3/c1-25(2,3)16-17-30-27(6,7)22-10-8-20(9-11-22)26(4,5)21-12-14-23(15-13-21)28-18-24-19-29-24/h8-15,24H,16-19H2,1-7H3. The molecule has 3 heteroatoms. The van der Waals surface area contributed by atoms with E-state index in [4.69, 9.17) is 14.2 Å². The van der Waals surface area contributed by atoms with Gasteiger partial charge in [0.2, 0.25) is 0 Å². The molecule has 1 aliphatic heterocycles. The molecule has 1 fully saturated rings. The molecule has 164 valence electrons. The fourth-order valence-corrected chi connectivity index (χ4v) is 3.47. The Morgan fingerprint density at radius 1 is 0.800 bits per heavy atom. The molecule has 2 aromatic rings. The molecular formula is C27H38O3. The average Bonchev–Trinajstić information content (AvgIpc) is 3.50. The van der Waals surface area contributed by atoms with Crippen molar-refractivity contribution in [3.63, 3.8) is 0 Å². The lowest BCUT2D eigenvalue weighted by Gasteiger charge is -2.30. The van der Waals surface area contributed by atoms with Crippen LogP contribution < -0.4 is 4.74 Å². The molecule has 0 spiro atoms. The maximum atomic E-state index is 6.24. The Morgan fingerprint density at radius 3 is 1.80 bits per heavy atom. The van der Waals surface area contributed by atoms with Crippen molar-refractivity contribution < 1.29 is 14.2 Å². The molecule has 0 radical (unpaired) electrons. The Labute approximate surface area is 182 Å². The summed E-state index contributed by atoms with van der Waals surface area (Å²) in [6.45, 7) is 17.8. The molecule has 2 aromatic carbocycles. The topological polar surface area (TPSA) is 31.0 Å². The Hall–Kier alpha value is -1.84. The third-order valence-electron chi connectivity index (χ3n) is 6.03. The zero-order valence-corrected chi connectivity index (χ0v) is 19.7. The highest BCUT2D eigenvalue weighted by Gasteiger charge is 2.27. The fourth-order valence-electron chi connectivity index (χ4n) is 3.47. The van der Waals surface area contributed by atoms with Gasteiger partial charge < -0.3 is 14.2 Å². The average molecular weight is 411 g/mol. The van der Waals surface area contributed by atoms with Crippen LogP contribution in [0.2, 0.25) is 0 Å². The van der Waals surface area contributed by atoms with Gasteiger partial charge in [-0.3, -0.25) is 0 Å². The number of hydrogen-bond acceptors (Lipinski definition) is 3. The summed E-state index contributed by atoms with van der Waals surface area (Å²) in [6.07, 6.45) is 1.33. The first-order chi connectivity index (χ1) is 14.0. The maximum Gasteiger partial charge on any atom is 0.119 e. The third kappa shape index (κ3) is 6.09. The summed E-state index contributed by atoms with van der Waals surface area (Å²) < 4.78 is 17.2. The van der Waals surface area contributed by atoms with Crippen molar-refractivity contribution in [1.82, 2.24) is 0 Å². The second-order valence-corrected chi connectivity index (χ2v) is 10.7. The van der Waals surface area contributed by atoms with E-state index in [1.807, 2.05) is 0 Å². The van der Waals surface area contributed by atoms with Crippen LogP contribution in [-0.2, 0) is 20.5 Å². The zero-order chi connectivity index (χ0) is 22.0. The predicted molar refractivity (Wildman–Crippen MR) is 123 cm³/mol. The van der Waals surface area contributed by atoms with E-state index in [2.05, 4.69) is 97.0 Å². The first-order valence-corrected chi connectivity index (χ1v) is 11.1. The van der Waals surface area contributed by atoms with Crippen LogP contribution in [0.5, 0.6) is 5.75 Å². The molecule has 0 bridgehead atoms. The van der Waals surface area contributed by atoms with Crippen molar-refractivity contribution in [3.8, 4) is 5.75 Å². The molecule has 1 atom stereocenters. The molecule has 1 unspecified atom stereocenters. The monoisotopic (exact) mass is 410 g/mol. The molecule has 1 heterocycles. The number of hydrogen-bond donors (Lipinski definition) is 0. The van der Waals surface area contributed by atoms with Crippen LogP contribution in [0.25, 0.3) is 0 Å². The Kier molecular flexibility index (Phi) is 6.64. The summed E-state index contributed by atoms with van der Waals surface area (Å²) in [4.78, 5) is 0. The number of benzene rings is 2. The van der Waals surface area contributed by atoms with E-state index in [0.29, 0.717) is 6.61 Å². The zero-order valence-electron chi connectivity index (χ0n) is 19.7. The highest BCUT2D eigenvalue weighted by molar-refractivity contribution is 5.41. The van der Waals surface area contributed by atoms with Gasteiger partial charge >= 0.3 is 0 Å². The summed E-state index contributed by atoms with van der Waals surface area (Å²) in [5.74, 6) is 0.898. The largest absolute Gasteiger partial charge is 0.491 e. The molecule has 0 amide bonds. The van der Waals surface area contributed by atoms with E-state index in [-0.39, 0.29) is 22.5 Å². The normalized spacial score (nSPS) is 17.1. The predicted octanol–water partition coefficient (Wildman–Crippen LogP) is 6.48. The van der Waals surface area contributed by atoms with Crippen molar-refractivity contribution in [1.29, 1.82) is 0 Å². The van der Waals surface area contributed by atoms with Crippen molar-refractivity contribution in [2.24, 2.45) is 5.41 Å². The quantitative estimate of drug-likeness (QED) is 0.443. The number of ether oxygens (including phenoxy) is 3. The molecule has 0 saturated carbocycles. The second-order valence-electron chi connectivity index (χ2n) is 10.7. The van der Waals surface area contributed by atoms with Gasteiger partial charge in [-0.15, -0.1) is 0 Å². The minimum absolute atomic E-state index is 0.0894. The van der Waals surface area contributed by atoms with Gasteiger partial charge in [-0.05, 0) is 54.5 Å². The van der Waals surface area contributed by atoms with Crippen LogP contribution in [0.15, 0.2) is 48.5 Å². The molecule has 0 aromatic heterocycles. The summed E-state index contributed by atoms with van der Waals surface area (Å²) in [6, 6.07) is 17.3. The minimum atomic E-state index is -0.293. The van der Waals surface area contributed by atoms with Crippen LogP contribution in [0, 0.1) is 5.41 Å². The van der Waals surface area contributed by atoms with Crippen molar-refractivity contribution in [2.75, 3.05) is 19.8 Å². The van der Waals surface area contributed by atoms with Crippen LogP contribution >= 0.6 is 0 Å². The molecule has 3 rings (SSSR count).